The molecule has 1 aliphatic rings. The molecule has 0 saturated carbocycles. The van der Waals surface area contributed by atoms with Crippen molar-refractivity contribution >= 4 is 23.2 Å². The van der Waals surface area contributed by atoms with Crippen molar-refractivity contribution in [2.24, 2.45) is 0 Å². The Balaban J connectivity index is 1.71. The first-order valence-corrected chi connectivity index (χ1v) is 9.19. The summed E-state index contributed by atoms with van der Waals surface area (Å²) in [5, 5.41) is 2.04. The van der Waals surface area contributed by atoms with Crippen molar-refractivity contribution in [1.82, 2.24) is 4.90 Å². The van der Waals surface area contributed by atoms with Crippen molar-refractivity contribution in [3.05, 3.63) is 45.6 Å². The lowest BCUT2D eigenvalue weighted by atomic mass is 10.1. The topological polar surface area (TPSA) is 65.1 Å². The molecule has 1 amide bonds. The fraction of sp³-hybridized carbons (Fsp3) is 0.368. The van der Waals surface area contributed by atoms with Gasteiger partial charge in [-0.05, 0) is 42.5 Å². The Hall–Kier alpha value is -2.54. The van der Waals surface area contributed by atoms with Crippen molar-refractivity contribution < 1.29 is 23.8 Å². The van der Waals surface area contributed by atoms with Crippen molar-refractivity contribution in [3.63, 3.8) is 0 Å². The summed E-state index contributed by atoms with van der Waals surface area (Å²) in [5.41, 5.74) is 1.34. The highest BCUT2D eigenvalue weighted by Gasteiger charge is 2.29. The zero-order chi connectivity index (χ0) is 18.7. The Kier molecular flexibility index (Phi) is 5.46. The van der Waals surface area contributed by atoms with E-state index in [2.05, 4.69) is 0 Å². The summed E-state index contributed by atoms with van der Waals surface area (Å²) < 4.78 is 15.9. The van der Waals surface area contributed by atoms with E-state index >= 15 is 0 Å². The molecule has 138 valence electrons. The van der Waals surface area contributed by atoms with Crippen LogP contribution in [-0.2, 0) is 22.5 Å². The monoisotopic (exact) mass is 375 g/mol. The summed E-state index contributed by atoms with van der Waals surface area (Å²) in [5.74, 6) is -0.165. The summed E-state index contributed by atoms with van der Waals surface area (Å²) in [6.07, 6.45) is -0.0583. The second-order valence-electron chi connectivity index (χ2n) is 5.96. The standard InChI is InChI=1S/C19H21NO5S/c1-12(18(21)20-9-7-16-13(11-20)8-10-26-16)25-19(22)17-14(23-2)5-4-6-15(17)24-3/h4-6,8,10,12H,7,9,11H2,1-3H3. The highest BCUT2D eigenvalue weighted by atomic mass is 32.1. The van der Waals surface area contributed by atoms with Crippen LogP contribution in [0, 0.1) is 0 Å². The number of methoxy groups -OCH3 is 2. The molecule has 1 atom stereocenters. The molecule has 0 saturated heterocycles. The van der Waals surface area contributed by atoms with Gasteiger partial charge in [0.15, 0.2) is 6.10 Å². The molecule has 1 aliphatic heterocycles. The average Bonchev–Trinajstić information content (AvgIpc) is 3.14. The van der Waals surface area contributed by atoms with Crippen LogP contribution < -0.4 is 9.47 Å². The first kappa shape index (κ1) is 18.3. The molecule has 6 nitrogen and oxygen atoms in total. The lowest BCUT2D eigenvalue weighted by Gasteiger charge is -2.29. The van der Waals surface area contributed by atoms with Crippen LogP contribution in [0.4, 0.5) is 0 Å². The van der Waals surface area contributed by atoms with Gasteiger partial charge < -0.3 is 19.1 Å². The van der Waals surface area contributed by atoms with Gasteiger partial charge in [-0.25, -0.2) is 4.79 Å². The zero-order valence-electron chi connectivity index (χ0n) is 15.0. The van der Waals surface area contributed by atoms with Gasteiger partial charge in [0.25, 0.3) is 5.91 Å². The number of amides is 1. The minimum Gasteiger partial charge on any atom is -0.496 e. The molecule has 1 aromatic heterocycles. The number of hydrogen-bond donors (Lipinski definition) is 0. The first-order valence-electron chi connectivity index (χ1n) is 8.31. The van der Waals surface area contributed by atoms with Gasteiger partial charge in [-0.3, -0.25) is 4.79 Å². The number of thiophene rings is 1. The summed E-state index contributed by atoms with van der Waals surface area (Å²) in [6.45, 7) is 2.77. The summed E-state index contributed by atoms with van der Waals surface area (Å²) in [7, 11) is 2.93. The van der Waals surface area contributed by atoms with Gasteiger partial charge in [0, 0.05) is 18.0 Å². The van der Waals surface area contributed by atoms with Gasteiger partial charge in [0.05, 0.1) is 14.2 Å². The van der Waals surface area contributed by atoms with Crippen LogP contribution in [0.5, 0.6) is 11.5 Å². The molecule has 0 N–H and O–H groups in total. The van der Waals surface area contributed by atoms with Crippen LogP contribution in [-0.4, -0.2) is 43.6 Å². The third kappa shape index (κ3) is 3.53. The van der Waals surface area contributed by atoms with Gasteiger partial charge in [0.2, 0.25) is 0 Å². The number of carbonyl (C=O) groups is 2. The van der Waals surface area contributed by atoms with Crippen LogP contribution in [0.25, 0.3) is 0 Å². The number of benzene rings is 1. The zero-order valence-corrected chi connectivity index (χ0v) is 15.8. The maximum Gasteiger partial charge on any atom is 0.346 e. The van der Waals surface area contributed by atoms with Crippen molar-refractivity contribution in [2.75, 3.05) is 20.8 Å². The van der Waals surface area contributed by atoms with Crippen molar-refractivity contribution in [1.29, 1.82) is 0 Å². The van der Waals surface area contributed by atoms with Crippen LogP contribution in [0.15, 0.2) is 29.6 Å². The lowest BCUT2D eigenvalue weighted by Crippen LogP contribution is -2.42. The molecule has 2 aromatic rings. The van der Waals surface area contributed by atoms with Crippen LogP contribution in [0.3, 0.4) is 0 Å². The summed E-state index contributed by atoms with van der Waals surface area (Å²) in [4.78, 5) is 28.3. The van der Waals surface area contributed by atoms with E-state index < -0.39 is 12.1 Å². The lowest BCUT2D eigenvalue weighted by molar-refractivity contribution is -0.140. The molecule has 0 fully saturated rings. The maximum absolute atomic E-state index is 12.7. The number of rotatable bonds is 5. The molecule has 3 rings (SSSR count). The van der Waals surface area contributed by atoms with Gasteiger partial charge in [-0.2, -0.15) is 0 Å². The van der Waals surface area contributed by atoms with E-state index in [1.165, 1.54) is 24.7 Å². The number of nitrogens with zero attached hydrogens (tertiary/aromatic N) is 1. The number of hydrogen-bond acceptors (Lipinski definition) is 6. The number of ether oxygens (including phenoxy) is 3. The molecular weight excluding hydrogens is 354 g/mol. The Morgan fingerprint density at radius 2 is 1.85 bits per heavy atom. The molecule has 1 unspecified atom stereocenters. The molecule has 26 heavy (non-hydrogen) atoms. The van der Waals surface area contributed by atoms with Gasteiger partial charge in [-0.1, -0.05) is 6.07 Å². The molecule has 0 radical (unpaired) electrons. The third-order valence-corrected chi connectivity index (χ3v) is 5.41. The molecule has 0 spiro atoms. The number of fused-ring (bicyclic) bond motifs is 1. The second-order valence-corrected chi connectivity index (χ2v) is 6.96. The van der Waals surface area contributed by atoms with E-state index in [1.807, 2.05) is 11.4 Å². The minimum atomic E-state index is -0.891. The van der Waals surface area contributed by atoms with Crippen LogP contribution in [0.2, 0.25) is 0 Å². The smallest absolute Gasteiger partial charge is 0.346 e. The molecule has 1 aromatic carbocycles. The Bertz CT molecular complexity index is 794. The van der Waals surface area contributed by atoms with Crippen LogP contribution in [0.1, 0.15) is 27.7 Å². The molecule has 2 heterocycles. The Morgan fingerprint density at radius 1 is 1.15 bits per heavy atom. The minimum absolute atomic E-state index is 0.177. The highest BCUT2D eigenvalue weighted by molar-refractivity contribution is 7.10. The van der Waals surface area contributed by atoms with Gasteiger partial charge in [-0.15, -0.1) is 11.3 Å². The Morgan fingerprint density at radius 3 is 2.50 bits per heavy atom. The summed E-state index contributed by atoms with van der Waals surface area (Å²) in [6, 6.07) is 7.05. The fourth-order valence-corrected chi connectivity index (χ4v) is 3.91. The third-order valence-electron chi connectivity index (χ3n) is 4.38. The first-order chi connectivity index (χ1) is 12.5. The van der Waals surface area contributed by atoms with Gasteiger partial charge in [0.1, 0.15) is 17.1 Å². The molecule has 7 heteroatoms. The van der Waals surface area contributed by atoms with Gasteiger partial charge >= 0.3 is 5.97 Å². The van der Waals surface area contributed by atoms with E-state index in [0.29, 0.717) is 24.6 Å². The van der Waals surface area contributed by atoms with Crippen molar-refractivity contribution in [2.45, 2.75) is 26.0 Å². The van der Waals surface area contributed by atoms with Crippen LogP contribution >= 0.6 is 11.3 Å². The predicted molar refractivity (Wildman–Crippen MR) is 97.9 cm³/mol. The van der Waals surface area contributed by atoms with E-state index in [1.54, 1.807) is 41.4 Å². The maximum atomic E-state index is 12.7. The van der Waals surface area contributed by atoms with E-state index in [0.717, 1.165) is 6.42 Å². The fourth-order valence-electron chi connectivity index (χ4n) is 3.02. The SMILES string of the molecule is COc1cccc(OC)c1C(=O)OC(C)C(=O)N1CCc2sccc2C1. The summed E-state index contributed by atoms with van der Waals surface area (Å²) >= 11 is 1.71. The largest absolute Gasteiger partial charge is 0.496 e. The molecular formula is C19H21NO5S. The average molecular weight is 375 g/mol. The quantitative estimate of drug-likeness (QED) is 0.752. The highest BCUT2D eigenvalue weighted by Crippen LogP contribution is 2.30. The normalized spacial score (nSPS) is 14.3. The molecule has 0 aliphatic carbocycles. The number of carbonyl (C=O) groups excluding carboxylic acids is 2. The van der Waals surface area contributed by atoms with E-state index in [9.17, 15) is 9.59 Å². The van der Waals surface area contributed by atoms with E-state index in [-0.39, 0.29) is 11.5 Å². The second kappa shape index (κ2) is 7.78. The molecule has 0 bridgehead atoms. The van der Waals surface area contributed by atoms with E-state index in [4.69, 9.17) is 14.2 Å². The van der Waals surface area contributed by atoms with Crippen molar-refractivity contribution in [3.8, 4) is 11.5 Å². The predicted octanol–water partition coefficient (Wildman–Crippen LogP) is 2.90. The number of esters is 1. The Labute approximate surface area is 156 Å².